The van der Waals surface area contributed by atoms with Gasteiger partial charge in [-0.1, -0.05) is 193 Å². The van der Waals surface area contributed by atoms with E-state index in [1.54, 1.807) is 0 Å². The fourth-order valence-corrected chi connectivity index (χ4v) is 11.7. The van der Waals surface area contributed by atoms with E-state index < -0.39 is 6.17 Å². The predicted molar refractivity (Wildman–Crippen MR) is 295 cm³/mol. The van der Waals surface area contributed by atoms with Gasteiger partial charge in [-0.3, -0.25) is 5.32 Å². The number of aliphatic imine (C=N–C) groups is 1. The first-order valence-corrected chi connectivity index (χ1v) is 24.6. The van der Waals surface area contributed by atoms with E-state index in [4.69, 9.17) is 10.7 Å². The van der Waals surface area contributed by atoms with E-state index in [0.29, 0.717) is 5.84 Å². The molecule has 5 nitrogen and oxygen atoms in total. The first kappa shape index (κ1) is 40.7. The van der Waals surface area contributed by atoms with Crippen molar-refractivity contribution in [3.05, 3.63) is 239 Å². The summed E-state index contributed by atoms with van der Waals surface area (Å²) in [6, 6.07) is 67.9. The Morgan fingerprint density at radius 1 is 0.618 bits per heavy atom. The van der Waals surface area contributed by atoms with Crippen LogP contribution in [0, 0.1) is 5.41 Å². The maximum atomic E-state index is 6.98. The van der Waals surface area contributed by atoms with Crippen molar-refractivity contribution >= 4 is 106 Å². The van der Waals surface area contributed by atoms with Gasteiger partial charge in [-0.15, -0.1) is 0 Å². The van der Waals surface area contributed by atoms with Crippen molar-refractivity contribution < 1.29 is 0 Å². The fraction of sp³-hybridized carbons (Fsp3) is 0.0806. The molecule has 0 radical (unpaired) electrons. The molecule has 2 aliphatic carbocycles. The highest BCUT2D eigenvalue weighted by atomic mass is 127. The summed E-state index contributed by atoms with van der Waals surface area (Å²) in [5.41, 5.74) is 16.9. The predicted octanol–water partition coefficient (Wildman–Crippen LogP) is 13.8. The maximum absolute atomic E-state index is 6.98. The van der Waals surface area contributed by atoms with Gasteiger partial charge in [0.1, 0.15) is 12.0 Å². The van der Waals surface area contributed by atoms with Gasteiger partial charge < -0.3 is 14.9 Å². The zero-order valence-corrected chi connectivity index (χ0v) is 39.6. The standard InChI is InChI=1S/C62H46IN5/c1-62-32-14-13-20-45(62)36-58-53(38-62)52-37-46(67-54-24-11-9-22-49(54)51-34-41-18-5-6-19-42(41)35-57(51)67)29-31-56(52)68(58)55-25-12-10-23-50(55)61(66-60(64)40-16-3-2-4-17-40)65-59(63)44-28-30-48-43(33-44)27-26-39-15-7-8-21-47(39)48/h2-31,33-38,59,61,65H,32H2,1H3,(H2,64,66). The zero-order chi connectivity index (χ0) is 45.5. The summed E-state index contributed by atoms with van der Waals surface area (Å²) in [5.74, 6) is 0.476. The van der Waals surface area contributed by atoms with E-state index in [1.165, 1.54) is 75.9 Å². The second kappa shape index (κ2) is 16.1. The lowest BCUT2D eigenvalue weighted by Crippen LogP contribution is -2.37. The van der Waals surface area contributed by atoms with Crippen LogP contribution in [0.2, 0.25) is 0 Å². The largest absolute Gasteiger partial charge is 0.383 e. The van der Waals surface area contributed by atoms with Crippen molar-refractivity contribution in [2.75, 3.05) is 0 Å². The van der Waals surface area contributed by atoms with Crippen LogP contribution in [0.15, 0.2) is 217 Å². The molecule has 0 amide bonds. The van der Waals surface area contributed by atoms with Gasteiger partial charge in [-0.2, -0.15) is 0 Å². The molecule has 0 bridgehead atoms. The monoisotopic (exact) mass is 987 g/mol. The number of rotatable bonds is 8. The van der Waals surface area contributed by atoms with Gasteiger partial charge in [-0.25, -0.2) is 4.99 Å². The Morgan fingerprint density at radius 2 is 1.32 bits per heavy atom. The van der Waals surface area contributed by atoms with Crippen molar-refractivity contribution in [3.8, 4) is 11.4 Å². The van der Waals surface area contributed by atoms with E-state index in [9.17, 15) is 0 Å². The number of hydrogen-bond donors (Lipinski definition) is 2. The number of para-hydroxylation sites is 2. The van der Waals surface area contributed by atoms with Crippen LogP contribution in [0.5, 0.6) is 0 Å². The smallest absolute Gasteiger partial charge is 0.131 e. The molecule has 2 aliphatic rings. The number of amidine groups is 1. The van der Waals surface area contributed by atoms with Crippen molar-refractivity contribution in [3.63, 3.8) is 0 Å². The minimum Gasteiger partial charge on any atom is -0.383 e. The number of nitrogens with zero attached hydrogens (tertiary/aromatic N) is 3. The van der Waals surface area contributed by atoms with Crippen LogP contribution in [0.25, 0.3) is 88.6 Å². The molecule has 2 aromatic heterocycles. The molecule has 2 heterocycles. The molecule has 0 saturated heterocycles. The molecule has 68 heavy (non-hydrogen) atoms. The Kier molecular flexibility index (Phi) is 9.63. The second-order valence-electron chi connectivity index (χ2n) is 18.5. The average molecular weight is 988 g/mol. The van der Waals surface area contributed by atoms with Crippen LogP contribution in [0.4, 0.5) is 0 Å². The van der Waals surface area contributed by atoms with Gasteiger partial charge in [0.2, 0.25) is 0 Å². The van der Waals surface area contributed by atoms with Gasteiger partial charge >= 0.3 is 0 Å². The van der Waals surface area contributed by atoms with Crippen LogP contribution in [0.1, 0.15) is 40.2 Å². The second-order valence-corrected chi connectivity index (χ2v) is 19.7. The van der Waals surface area contributed by atoms with Crippen molar-refractivity contribution in [2.24, 2.45) is 16.1 Å². The van der Waals surface area contributed by atoms with E-state index in [1.807, 2.05) is 30.3 Å². The van der Waals surface area contributed by atoms with Crippen LogP contribution < -0.4 is 21.6 Å². The minimum atomic E-state index is -0.505. The Bertz CT molecular complexity index is 4100. The van der Waals surface area contributed by atoms with Crippen LogP contribution >= 0.6 is 22.6 Å². The highest BCUT2D eigenvalue weighted by Crippen LogP contribution is 2.41. The summed E-state index contributed by atoms with van der Waals surface area (Å²) in [6.45, 7) is 2.37. The van der Waals surface area contributed by atoms with Gasteiger partial charge in [0.25, 0.3) is 0 Å². The molecule has 0 spiro atoms. The summed E-state index contributed by atoms with van der Waals surface area (Å²) in [5, 5.41) is 17.5. The van der Waals surface area contributed by atoms with E-state index in [0.717, 1.165) is 39.8 Å². The molecule has 3 atom stereocenters. The molecule has 13 rings (SSSR count). The molecule has 3 N–H and O–H groups in total. The molecule has 326 valence electrons. The molecule has 0 aliphatic heterocycles. The minimum absolute atomic E-state index is 0.102. The van der Waals surface area contributed by atoms with Gasteiger partial charge in [-0.05, 0) is 104 Å². The summed E-state index contributed by atoms with van der Waals surface area (Å²) < 4.78 is 4.81. The molecule has 0 fully saturated rings. The Hall–Kier alpha value is -7.52. The lowest BCUT2D eigenvalue weighted by Gasteiger charge is -2.30. The normalized spacial score (nSPS) is 16.7. The highest BCUT2D eigenvalue weighted by molar-refractivity contribution is 14.1. The van der Waals surface area contributed by atoms with Crippen molar-refractivity contribution in [1.82, 2.24) is 14.5 Å². The molecule has 0 saturated carbocycles. The molecular weight excluding hydrogens is 942 g/mol. The quantitative estimate of drug-likeness (QED) is 0.0398. The number of benzene rings is 9. The third-order valence-electron chi connectivity index (χ3n) is 14.4. The van der Waals surface area contributed by atoms with Crippen molar-refractivity contribution in [1.29, 1.82) is 0 Å². The van der Waals surface area contributed by atoms with Gasteiger partial charge in [0.05, 0.1) is 31.6 Å². The molecule has 3 unspecified atom stereocenters. The summed E-state index contributed by atoms with van der Waals surface area (Å²) in [7, 11) is 0. The number of halogens is 1. The number of alkyl halides is 1. The number of nitrogens with two attached hydrogens (primary N) is 1. The molecule has 11 aromatic rings. The maximum Gasteiger partial charge on any atom is 0.131 e. The third-order valence-corrected chi connectivity index (χ3v) is 15.4. The molecule has 6 heteroatoms. The summed E-state index contributed by atoms with van der Waals surface area (Å²) in [6.07, 6.45) is 12.2. The molecule has 9 aromatic carbocycles. The lowest BCUT2D eigenvalue weighted by atomic mass is 9.74. The van der Waals surface area contributed by atoms with Gasteiger partial charge in [0.15, 0.2) is 0 Å². The average Bonchev–Trinajstić information content (AvgIpc) is 3.87. The van der Waals surface area contributed by atoms with Crippen molar-refractivity contribution in [2.45, 2.75) is 23.6 Å². The Labute approximate surface area is 407 Å². The highest BCUT2D eigenvalue weighted by Gasteiger charge is 2.31. The number of aromatic nitrogens is 2. The van der Waals surface area contributed by atoms with E-state index in [-0.39, 0.29) is 9.46 Å². The zero-order valence-electron chi connectivity index (χ0n) is 37.4. The van der Waals surface area contributed by atoms with Crippen LogP contribution in [0.3, 0.4) is 0 Å². The van der Waals surface area contributed by atoms with Crippen LogP contribution in [-0.4, -0.2) is 15.0 Å². The van der Waals surface area contributed by atoms with Gasteiger partial charge in [0, 0.05) is 43.6 Å². The fourth-order valence-electron chi connectivity index (χ4n) is 10.9. The number of fused-ring (bicyclic) bond motifs is 11. The lowest BCUT2D eigenvalue weighted by molar-refractivity contribution is 0.555. The first-order valence-electron chi connectivity index (χ1n) is 23.4. The van der Waals surface area contributed by atoms with E-state index >= 15 is 0 Å². The topological polar surface area (TPSA) is 60.3 Å². The molecular formula is C62H46IN5. The third kappa shape index (κ3) is 6.65. The SMILES string of the molecule is CC12C=c3c(n(-c4ccccc4C(N=C(N)c4ccccc4)NC(I)c4ccc5c(ccc6ccccc65)c4)c4ccc(-n5c6ccccc6c6cc7ccccc7cc65)cc34)=CC1=CC=CC2. The van der Waals surface area contributed by atoms with Crippen LogP contribution in [-0.2, 0) is 0 Å². The summed E-state index contributed by atoms with van der Waals surface area (Å²) in [4.78, 5) is 5.38. The number of allylic oxidation sites excluding steroid dienone is 4. The Morgan fingerprint density at radius 3 is 2.19 bits per heavy atom. The van der Waals surface area contributed by atoms with E-state index in [2.05, 4.69) is 232 Å². The number of hydrogen-bond acceptors (Lipinski definition) is 2. The summed E-state index contributed by atoms with van der Waals surface area (Å²) >= 11 is 2.53. The first-order chi connectivity index (χ1) is 33.4. The number of nitrogens with one attached hydrogen (secondary N) is 1. The Balaban J connectivity index is 1.01.